The number of allylic oxidation sites excluding steroid dienone is 2. The van der Waals surface area contributed by atoms with Gasteiger partial charge in [-0.3, -0.25) is 9.59 Å². The molecule has 1 fully saturated rings. The van der Waals surface area contributed by atoms with Crippen LogP contribution in [0.3, 0.4) is 0 Å². The van der Waals surface area contributed by atoms with E-state index in [9.17, 15) is 9.59 Å². The number of hydrogen-bond acceptors (Lipinski definition) is 3. The summed E-state index contributed by atoms with van der Waals surface area (Å²) in [5.74, 6) is 1.00. The van der Waals surface area contributed by atoms with Crippen LogP contribution in [0.5, 0.6) is 5.75 Å². The van der Waals surface area contributed by atoms with Gasteiger partial charge in [0.15, 0.2) is 0 Å². The number of carbonyl (C=O) groups is 2. The largest absolute Gasteiger partial charge is 0.497 e. The van der Waals surface area contributed by atoms with Crippen molar-refractivity contribution in [2.24, 2.45) is 11.8 Å². The maximum Gasteiger partial charge on any atom is 0.227 e. The number of carbonyl (C=O) groups excluding carboxylic acids is 2. The van der Waals surface area contributed by atoms with Crippen LogP contribution in [0.1, 0.15) is 25.7 Å². The van der Waals surface area contributed by atoms with Crippen LogP contribution < -0.4 is 15.0 Å². The summed E-state index contributed by atoms with van der Waals surface area (Å²) in [6.07, 6.45) is 7.90. The monoisotopic (exact) mass is 328 g/mol. The molecule has 0 spiro atoms. The molecule has 1 aromatic carbocycles. The number of benzene rings is 1. The summed E-state index contributed by atoms with van der Waals surface area (Å²) in [5, 5.41) is 3.03. The molecule has 1 aliphatic heterocycles. The van der Waals surface area contributed by atoms with Gasteiger partial charge in [0, 0.05) is 25.2 Å². The smallest absolute Gasteiger partial charge is 0.227 e. The average Bonchev–Trinajstić information content (AvgIpc) is 3.02. The lowest BCUT2D eigenvalue weighted by molar-refractivity contribution is -0.126. The van der Waals surface area contributed by atoms with Gasteiger partial charge in [-0.05, 0) is 49.4 Å². The van der Waals surface area contributed by atoms with Gasteiger partial charge >= 0.3 is 0 Å². The van der Waals surface area contributed by atoms with Crippen LogP contribution in [-0.2, 0) is 9.59 Å². The number of anilines is 1. The zero-order valence-corrected chi connectivity index (χ0v) is 14.0. The number of ether oxygens (including phenoxy) is 1. The van der Waals surface area contributed by atoms with E-state index >= 15 is 0 Å². The molecular formula is C19H24N2O3. The Kier molecular flexibility index (Phi) is 5.18. The third kappa shape index (κ3) is 3.78. The number of nitrogens with zero attached hydrogens (tertiary/aromatic N) is 1. The molecule has 5 nitrogen and oxygen atoms in total. The van der Waals surface area contributed by atoms with Gasteiger partial charge in [0.2, 0.25) is 11.8 Å². The minimum absolute atomic E-state index is 0.000849. The molecule has 2 amide bonds. The number of hydrogen-bond donors (Lipinski definition) is 1. The minimum Gasteiger partial charge on any atom is -0.497 e. The van der Waals surface area contributed by atoms with Gasteiger partial charge < -0.3 is 15.0 Å². The van der Waals surface area contributed by atoms with E-state index in [2.05, 4.69) is 17.5 Å². The van der Waals surface area contributed by atoms with Gasteiger partial charge in [-0.1, -0.05) is 12.2 Å². The highest BCUT2D eigenvalue weighted by Crippen LogP contribution is 2.27. The molecule has 1 aromatic rings. The second kappa shape index (κ2) is 7.51. The fraction of sp³-hybridized carbons (Fsp3) is 0.474. The van der Waals surface area contributed by atoms with Crippen molar-refractivity contribution in [1.82, 2.24) is 5.32 Å². The first kappa shape index (κ1) is 16.6. The van der Waals surface area contributed by atoms with E-state index in [0.717, 1.165) is 30.7 Å². The van der Waals surface area contributed by atoms with Gasteiger partial charge in [0.05, 0.1) is 13.0 Å². The van der Waals surface area contributed by atoms with Crippen molar-refractivity contribution in [2.45, 2.75) is 25.7 Å². The molecule has 0 saturated carbocycles. The Balaban J connectivity index is 1.55. The second-order valence-corrected chi connectivity index (χ2v) is 6.50. The SMILES string of the molecule is COc1ccc(N2CC(C(=O)NCC3CC=CCC3)CC2=O)cc1. The van der Waals surface area contributed by atoms with Gasteiger partial charge in [-0.25, -0.2) is 0 Å². The molecule has 1 heterocycles. The van der Waals surface area contributed by atoms with Crippen molar-refractivity contribution in [3.05, 3.63) is 36.4 Å². The van der Waals surface area contributed by atoms with E-state index in [1.165, 1.54) is 0 Å². The average molecular weight is 328 g/mol. The third-order valence-electron chi connectivity index (χ3n) is 4.82. The topological polar surface area (TPSA) is 58.6 Å². The summed E-state index contributed by atoms with van der Waals surface area (Å²) >= 11 is 0. The summed E-state index contributed by atoms with van der Waals surface area (Å²) in [6.45, 7) is 1.15. The van der Waals surface area contributed by atoms with E-state index in [0.29, 0.717) is 19.0 Å². The molecule has 0 aromatic heterocycles. The molecular weight excluding hydrogens is 304 g/mol. The number of nitrogens with one attached hydrogen (secondary N) is 1. The Hall–Kier alpha value is -2.30. The third-order valence-corrected chi connectivity index (χ3v) is 4.82. The molecule has 2 atom stereocenters. The Morgan fingerprint density at radius 1 is 1.29 bits per heavy atom. The van der Waals surface area contributed by atoms with Crippen molar-refractivity contribution >= 4 is 17.5 Å². The van der Waals surface area contributed by atoms with E-state index < -0.39 is 0 Å². The standard InChI is InChI=1S/C19H24N2O3/c1-24-17-9-7-16(8-10-17)21-13-15(11-18(21)22)19(23)20-12-14-5-3-2-4-6-14/h2-3,7-10,14-15H,4-6,11-13H2,1H3,(H,20,23). The zero-order chi connectivity index (χ0) is 16.9. The summed E-state index contributed by atoms with van der Waals surface area (Å²) in [5.41, 5.74) is 0.813. The van der Waals surface area contributed by atoms with Crippen LogP contribution in [-0.4, -0.2) is 32.0 Å². The summed E-state index contributed by atoms with van der Waals surface area (Å²) in [7, 11) is 1.61. The van der Waals surface area contributed by atoms with Gasteiger partial charge in [0.1, 0.15) is 5.75 Å². The van der Waals surface area contributed by atoms with Gasteiger partial charge in [-0.15, -0.1) is 0 Å². The van der Waals surface area contributed by atoms with Crippen LogP contribution >= 0.6 is 0 Å². The predicted molar refractivity (Wildman–Crippen MR) is 92.9 cm³/mol. The minimum atomic E-state index is -0.265. The highest BCUT2D eigenvalue weighted by atomic mass is 16.5. The fourth-order valence-electron chi connectivity index (χ4n) is 3.33. The number of rotatable bonds is 5. The molecule has 3 rings (SSSR count). The normalized spacial score (nSPS) is 23.4. The molecule has 1 aliphatic carbocycles. The van der Waals surface area contributed by atoms with Crippen molar-refractivity contribution in [1.29, 1.82) is 0 Å². The predicted octanol–water partition coefficient (Wildman–Crippen LogP) is 2.52. The van der Waals surface area contributed by atoms with Crippen LogP contribution in [0.2, 0.25) is 0 Å². The first-order valence-electron chi connectivity index (χ1n) is 8.54. The highest BCUT2D eigenvalue weighted by Gasteiger charge is 2.35. The van der Waals surface area contributed by atoms with E-state index in [1.807, 2.05) is 24.3 Å². The Morgan fingerprint density at radius 3 is 2.75 bits per heavy atom. The van der Waals surface area contributed by atoms with Crippen LogP contribution in [0.15, 0.2) is 36.4 Å². The molecule has 128 valence electrons. The molecule has 1 N–H and O–H groups in total. The fourth-order valence-corrected chi connectivity index (χ4v) is 3.33. The summed E-state index contributed by atoms with van der Waals surface area (Å²) < 4.78 is 5.14. The lowest BCUT2D eigenvalue weighted by Gasteiger charge is -2.20. The van der Waals surface area contributed by atoms with Crippen molar-refractivity contribution < 1.29 is 14.3 Å². The molecule has 0 bridgehead atoms. The summed E-state index contributed by atoms with van der Waals surface area (Å²) in [4.78, 5) is 26.3. The van der Waals surface area contributed by atoms with E-state index in [4.69, 9.17) is 4.74 Å². The Labute approximate surface area is 142 Å². The van der Waals surface area contributed by atoms with E-state index in [-0.39, 0.29) is 24.2 Å². The molecule has 2 unspecified atom stereocenters. The second-order valence-electron chi connectivity index (χ2n) is 6.50. The highest BCUT2D eigenvalue weighted by molar-refractivity contribution is 6.00. The van der Waals surface area contributed by atoms with E-state index in [1.54, 1.807) is 12.0 Å². The van der Waals surface area contributed by atoms with Crippen LogP contribution in [0, 0.1) is 11.8 Å². The summed E-state index contributed by atoms with van der Waals surface area (Å²) in [6, 6.07) is 7.36. The first-order chi connectivity index (χ1) is 11.7. The van der Waals surface area contributed by atoms with Crippen LogP contribution in [0.4, 0.5) is 5.69 Å². The van der Waals surface area contributed by atoms with Crippen molar-refractivity contribution in [2.75, 3.05) is 25.1 Å². The first-order valence-corrected chi connectivity index (χ1v) is 8.54. The molecule has 24 heavy (non-hydrogen) atoms. The van der Waals surface area contributed by atoms with Crippen molar-refractivity contribution in [3.63, 3.8) is 0 Å². The quantitative estimate of drug-likeness (QED) is 0.845. The zero-order valence-electron chi connectivity index (χ0n) is 14.0. The Morgan fingerprint density at radius 2 is 2.08 bits per heavy atom. The number of amides is 2. The maximum atomic E-state index is 12.4. The molecule has 5 heteroatoms. The lowest BCUT2D eigenvalue weighted by atomic mass is 9.94. The van der Waals surface area contributed by atoms with Gasteiger partial charge in [0.25, 0.3) is 0 Å². The lowest BCUT2D eigenvalue weighted by Crippen LogP contribution is -2.36. The molecule has 0 radical (unpaired) electrons. The van der Waals surface area contributed by atoms with Gasteiger partial charge in [-0.2, -0.15) is 0 Å². The molecule has 1 saturated heterocycles. The van der Waals surface area contributed by atoms with Crippen molar-refractivity contribution in [3.8, 4) is 5.75 Å². The van der Waals surface area contributed by atoms with Crippen LogP contribution in [0.25, 0.3) is 0 Å². The Bertz CT molecular complexity index is 624. The molecule has 2 aliphatic rings. The maximum absolute atomic E-state index is 12.4. The number of methoxy groups -OCH3 is 1.